The highest BCUT2D eigenvalue weighted by Gasteiger charge is 2.19. The highest BCUT2D eigenvalue weighted by molar-refractivity contribution is 5.71. The fraction of sp³-hybridized carbons (Fsp3) is 0.712. The van der Waals surface area contributed by atoms with Crippen molar-refractivity contribution in [2.75, 3.05) is 13.2 Å². The summed E-state index contributed by atoms with van der Waals surface area (Å²) in [5.74, 6) is -0.940. The molecule has 1 unspecified atom stereocenters. The van der Waals surface area contributed by atoms with E-state index in [-0.39, 0.29) is 31.1 Å². The third-order valence-electron chi connectivity index (χ3n) is 11.3. The largest absolute Gasteiger partial charge is 0.462 e. The first kappa shape index (κ1) is 61.6. The SMILES string of the molecule is CC/C=C\C/C=C\C/C=C\C/C=C\C/C=C\CCCCCC(=O)OCC(COC(=O)CCCCCCC/C=C\CCC)OC(=O)CCCCCCCCC/C=C\CCCCCCCCC. The molecule has 0 saturated heterocycles. The highest BCUT2D eigenvalue weighted by atomic mass is 16.6. The topological polar surface area (TPSA) is 78.9 Å². The fourth-order valence-electron chi connectivity index (χ4n) is 7.29. The van der Waals surface area contributed by atoms with Crippen molar-refractivity contribution in [1.29, 1.82) is 0 Å². The lowest BCUT2D eigenvalue weighted by Gasteiger charge is -2.18. The molecular formula is C59H100O6. The summed E-state index contributed by atoms with van der Waals surface area (Å²) in [4.78, 5) is 38.0. The molecule has 1 atom stereocenters. The Balaban J connectivity index is 4.40. The number of esters is 3. The first-order chi connectivity index (χ1) is 32.0. The Hall–Kier alpha value is -3.41. The standard InChI is InChI=1S/C59H100O6/c1-4-7-10-13-16-19-22-24-26-28-30-32-33-35-37-40-43-46-49-52-58(61)64-55-56(54-63-57(60)51-48-45-42-39-21-18-15-12-9-6-3)65-59(62)53-50-47-44-41-38-36-34-31-29-27-25-23-20-17-14-11-8-5-2/h7,10,12,15-16,19,24,26-27,29-30,32,35,37,56H,4-6,8-9,11,13-14,17-18,20-23,25,28,31,33-34,36,38-55H2,1-3H3/b10-7-,15-12-,19-16-,26-24-,29-27-,32-30-,37-35-. The van der Waals surface area contributed by atoms with Gasteiger partial charge in [0.15, 0.2) is 6.10 Å². The zero-order valence-corrected chi connectivity index (χ0v) is 42.5. The lowest BCUT2D eigenvalue weighted by atomic mass is 10.1. The number of ether oxygens (including phenoxy) is 3. The van der Waals surface area contributed by atoms with Gasteiger partial charge in [-0.1, -0.05) is 209 Å². The maximum absolute atomic E-state index is 12.8. The van der Waals surface area contributed by atoms with E-state index in [1.165, 1.54) is 96.3 Å². The molecule has 0 aromatic rings. The summed E-state index contributed by atoms with van der Waals surface area (Å²) in [6.45, 7) is 6.42. The number of carbonyl (C=O) groups is 3. The van der Waals surface area contributed by atoms with E-state index < -0.39 is 6.10 Å². The van der Waals surface area contributed by atoms with Gasteiger partial charge in [-0.25, -0.2) is 0 Å². The van der Waals surface area contributed by atoms with Crippen LogP contribution in [0.4, 0.5) is 0 Å². The Kier molecular flexibility index (Phi) is 50.4. The quantitative estimate of drug-likeness (QED) is 0.0262. The Labute approximate surface area is 401 Å². The van der Waals surface area contributed by atoms with E-state index in [9.17, 15) is 14.4 Å². The van der Waals surface area contributed by atoms with Gasteiger partial charge >= 0.3 is 17.9 Å². The molecule has 0 aliphatic rings. The first-order valence-electron chi connectivity index (χ1n) is 27.1. The summed E-state index contributed by atoms with van der Waals surface area (Å²) in [7, 11) is 0. The van der Waals surface area contributed by atoms with Crippen LogP contribution in [0.2, 0.25) is 0 Å². The second-order valence-electron chi connectivity index (χ2n) is 17.7. The fourth-order valence-corrected chi connectivity index (χ4v) is 7.29. The maximum Gasteiger partial charge on any atom is 0.306 e. The van der Waals surface area contributed by atoms with E-state index in [0.29, 0.717) is 19.3 Å². The van der Waals surface area contributed by atoms with Gasteiger partial charge in [0.05, 0.1) is 0 Å². The van der Waals surface area contributed by atoms with Crippen molar-refractivity contribution < 1.29 is 28.6 Å². The van der Waals surface area contributed by atoms with E-state index in [0.717, 1.165) is 116 Å². The van der Waals surface area contributed by atoms with Gasteiger partial charge in [-0.2, -0.15) is 0 Å². The van der Waals surface area contributed by atoms with Crippen LogP contribution in [-0.2, 0) is 28.6 Å². The molecule has 0 bridgehead atoms. The summed E-state index contributed by atoms with van der Waals surface area (Å²) in [5, 5.41) is 0. The van der Waals surface area contributed by atoms with Crippen LogP contribution in [0.1, 0.15) is 252 Å². The summed E-state index contributed by atoms with van der Waals surface area (Å²) in [6.07, 6.45) is 68.6. The van der Waals surface area contributed by atoms with Crippen LogP contribution in [-0.4, -0.2) is 37.2 Å². The van der Waals surface area contributed by atoms with Gasteiger partial charge in [-0.15, -0.1) is 0 Å². The predicted molar refractivity (Wildman–Crippen MR) is 279 cm³/mol. The third kappa shape index (κ3) is 51.4. The van der Waals surface area contributed by atoms with Crippen LogP contribution >= 0.6 is 0 Å². The molecule has 372 valence electrons. The lowest BCUT2D eigenvalue weighted by molar-refractivity contribution is -0.167. The average Bonchev–Trinajstić information content (AvgIpc) is 3.30. The molecule has 0 rings (SSSR count). The molecule has 0 aromatic carbocycles. The van der Waals surface area contributed by atoms with E-state index in [1.807, 2.05) is 0 Å². The molecule has 6 heteroatoms. The molecule has 0 radical (unpaired) electrons. The minimum absolute atomic E-state index is 0.0937. The van der Waals surface area contributed by atoms with Crippen molar-refractivity contribution in [2.24, 2.45) is 0 Å². The van der Waals surface area contributed by atoms with Gasteiger partial charge in [0.25, 0.3) is 0 Å². The molecule has 0 amide bonds. The zero-order valence-electron chi connectivity index (χ0n) is 42.5. The van der Waals surface area contributed by atoms with Gasteiger partial charge < -0.3 is 14.2 Å². The zero-order chi connectivity index (χ0) is 47.2. The maximum atomic E-state index is 12.8. The second-order valence-corrected chi connectivity index (χ2v) is 17.7. The summed E-state index contributed by atoms with van der Waals surface area (Å²) < 4.78 is 16.8. The van der Waals surface area contributed by atoms with E-state index in [2.05, 4.69) is 106 Å². The van der Waals surface area contributed by atoms with Crippen LogP contribution in [0, 0.1) is 0 Å². The van der Waals surface area contributed by atoms with Gasteiger partial charge in [0.1, 0.15) is 13.2 Å². The number of unbranched alkanes of at least 4 members (excludes halogenated alkanes) is 23. The Morgan fingerprint density at radius 1 is 0.323 bits per heavy atom. The van der Waals surface area contributed by atoms with Crippen LogP contribution in [0.15, 0.2) is 85.1 Å². The second kappa shape index (κ2) is 53.2. The summed E-state index contributed by atoms with van der Waals surface area (Å²) in [5.41, 5.74) is 0. The predicted octanol–water partition coefficient (Wildman–Crippen LogP) is 18.0. The Morgan fingerprint density at radius 3 is 1.03 bits per heavy atom. The number of hydrogen-bond acceptors (Lipinski definition) is 6. The van der Waals surface area contributed by atoms with Crippen molar-refractivity contribution in [2.45, 2.75) is 258 Å². The minimum Gasteiger partial charge on any atom is -0.462 e. The summed E-state index contributed by atoms with van der Waals surface area (Å²) >= 11 is 0. The van der Waals surface area contributed by atoms with E-state index >= 15 is 0 Å². The van der Waals surface area contributed by atoms with E-state index in [1.54, 1.807) is 0 Å². The van der Waals surface area contributed by atoms with Crippen molar-refractivity contribution in [1.82, 2.24) is 0 Å². The van der Waals surface area contributed by atoms with Crippen molar-refractivity contribution in [3.05, 3.63) is 85.1 Å². The molecule has 0 fully saturated rings. The molecule has 0 heterocycles. The van der Waals surface area contributed by atoms with E-state index in [4.69, 9.17) is 14.2 Å². The molecule has 6 nitrogen and oxygen atoms in total. The minimum atomic E-state index is -0.795. The molecule has 0 aliphatic heterocycles. The first-order valence-corrected chi connectivity index (χ1v) is 27.1. The normalized spacial score (nSPS) is 12.7. The van der Waals surface area contributed by atoms with Gasteiger partial charge in [-0.05, 0) is 109 Å². The number of hydrogen-bond donors (Lipinski definition) is 0. The molecule has 65 heavy (non-hydrogen) atoms. The Bertz CT molecular complexity index is 1270. The van der Waals surface area contributed by atoms with Gasteiger partial charge in [0, 0.05) is 19.3 Å². The monoisotopic (exact) mass is 905 g/mol. The van der Waals surface area contributed by atoms with Crippen LogP contribution in [0.5, 0.6) is 0 Å². The molecule has 0 aliphatic carbocycles. The highest BCUT2D eigenvalue weighted by Crippen LogP contribution is 2.14. The molecular weight excluding hydrogens is 805 g/mol. The smallest absolute Gasteiger partial charge is 0.306 e. The van der Waals surface area contributed by atoms with Crippen molar-refractivity contribution in [3.63, 3.8) is 0 Å². The van der Waals surface area contributed by atoms with Gasteiger partial charge in [0.2, 0.25) is 0 Å². The van der Waals surface area contributed by atoms with Crippen molar-refractivity contribution in [3.8, 4) is 0 Å². The third-order valence-corrected chi connectivity index (χ3v) is 11.3. The molecule has 0 N–H and O–H groups in total. The Morgan fingerprint density at radius 2 is 0.631 bits per heavy atom. The van der Waals surface area contributed by atoms with Crippen molar-refractivity contribution >= 4 is 17.9 Å². The average molecular weight is 905 g/mol. The molecule has 0 aromatic heterocycles. The van der Waals surface area contributed by atoms with Crippen LogP contribution < -0.4 is 0 Å². The lowest BCUT2D eigenvalue weighted by Crippen LogP contribution is -2.30. The van der Waals surface area contributed by atoms with Gasteiger partial charge in [-0.3, -0.25) is 14.4 Å². The molecule has 0 saturated carbocycles. The van der Waals surface area contributed by atoms with Crippen LogP contribution in [0.3, 0.4) is 0 Å². The number of rotatable bonds is 48. The molecule has 0 spiro atoms. The summed E-state index contributed by atoms with van der Waals surface area (Å²) in [6, 6.07) is 0. The number of carbonyl (C=O) groups excluding carboxylic acids is 3. The number of allylic oxidation sites excluding steroid dienone is 14. The van der Waals surface area contributed by atoms with Crippen LogP contribution in [0.25, 0.3) is 0 Å².